The molecule has 1 aliphatic rings. The first-order chi connectivity index (χ1) is 7.61. The van der Waals surface area contributed by atoms with Gasteiger partial charge < -0.3 is 10.1 Å². The molecule has 1 aromatic carbocycles. The van der Waals surface area contributed by atoms with Gasteiger partial charge >= 0.3 is 5.97 Å². The van der Waals surface area contributed by atoms with Crippen molar-refractivity contribution in [2.75, 3.05) is 12.4 Å². The highest BCUT2D eigenvalue weighted by molar-refractivity contribution is 8.14. The minimum atomic E-state index is -0.394. The molecule has 5 heteroatoms. The minimum Gasteiger partial charge on any atom is -0.465 e. The zero-order valence-electron chi connectivity index (χ0n) is 8.94. The van der Waals surface area contributed by atoms with Crippen LogP contribution in [-0.4, -0.2) is 24.2 Å². The number of thioether (sulfide) groups is 1. The summed E-state index contributed by atoms with van der Waals surface area (Å²) in [6.45, 7) is 1.81. The second-order valence-electron chi connectivity index (χ2n) is 3.49. The van der Waals surface area contributed by atoms with Crippen LogP contribution >= 0.6 is 11.8 Å². The predicted octanol–water partition coefficient (Wildman–Crippen LogP) is 1.91. The van der Waals surface area contributed by atoms with E-state index in [1.54, 1.807) is 18.2 Å². The fourth-order valence-corrected chi connectivity index (χ4v) is 2.34. The van der Waals surface area contributed by atoms with Gasteiger partial charge in [-0.1, -0.05) is 0 Å². The standard InChI is InChI=1S/C11H11NO3S/c1-6-11(14)16-9-5-7(10(13)15-2)3-4-8(9)12-6/h3-6,12H,1-2H3. The van der Waals surface area contributed by atoms with Gasteiger partial charge in [0.25, 0.3) is 0 Å². The fraction of sp³-hybridized carbons (Fsp3) is 0.273. The molecule has 1 heterocycles. The van der Waals surface area contributed by atoms with Crippen LogP contribution in [0.3, 0.4) is 0 Å². The van der Waals surface area contributed by atoms with Crippen molar-refractivity contribution >= 4 is 28.5 Å². The van der Waals surface area contributed by atoms with Crippen molar-refractivity contribution in [1.29, 1.82) is 0 Å². The lowest BCUT2D eigenvalue weighted by atomic mass is 10.2. The van der Waals surface area contributed by atoms with Crippen LogP contribution < -0.4 is 5.32 Å². The Hall–Kier alpha value is -1.49. The molecule has 0 aromatic heterocycles. The van der Waals surface area contributed by atoms with Crippen LogP contribution in [0.4, 0.5) is 5.69 Å². The first kappa shape index (κ1) is 11.0. The maximum Gasteiger partial charge on any atom is 0.337 e. The summed E-state index contributed by atoms with van der Waals surface area (Å²) in [5.41, 5.74) is 1.34. The van der Waals surface area contributed by atoms with Crippen LogP contribution in [0.15, 0.2) is 23.1 Å². The first-order valence-electron chi connectivity index (χ1n) is 4.82. The molecule has 4 nitrogen and oxygen atoms in total. The Morgan fingerprint density at radius 2 is 2.25 bits per heavy atom. The molecule has 1 atom stereocenters. The van der Waals surface area contributed by atoms with Gasteiger partial charge in [0, 0.05) is 10.6 Å². The molecule has 1 aliphatic heterocycles. The molecule has 2 rings (SSSR count). The number of benzene rings is 1. The van der Waals surface area contributed by atoms with Crippen LogP contribution in [0.25, 0.3) is 0 Å². The SMILES string of the molecule is COC(=O)c1ccc2c(c1)SC(=O)C(C)N2. The number of carbonyl (C=O) groups excluding carboxylic acids is 2. The number of ether oxygens (including phenoxy) is 1. The molecule has 1 N–H and O–H groups in total. The van der Waals surface area contributed by atoms with Crippen LogP contribution in [0, 0.1) is 0 Å². The lowest BCUT2D eigenvalue weighted by molar-refractivity contribution is -0.111. The number of hydrogen-bond acceptors (Lipinski definition) is 5. The van der Waals surface area contributed by atoms with Gasteiger partial charge in [-0.05, 0) is 36.9 Å². The molecule has 0 bridgehead atoms. The summed E-state index contributed by atoms with van der Waals surface area (Å²) >= 11 is 1.15. The smallest absolute Gasteiger partial charge is 0.337 e. The maximum atomic E-state index is 11.5. The summed E-state index contributed by atoms with van der Waals surface area (Å²) in [4.78, 5) is 23.6. The third-order valence-electron chi connectivity index (χ3n) is 2.34. The Bertz CT molecular complexity index is 459. The van der Waals surface area contributed by atoms with E-state index in [0.717, 1.165) is 22.3 Å². The van der Waals surface area contributed by atoms with Crippen LogP contribution in [0.5, 0.6) is 0 Å². The van der Waals surface area contributed by atoms with Gasteiger partial charge in [-0.2, -0.15) is 0 Å². The monoisotopic (exact) mass is 237 g/mol. The molecule has 0 saturated heterocycles. The van der Waals surface area contributed by atoms with Crippen molar-refractivity contribution in [1.82, 2.24) is 0 Å². The summed E-state index contributed by atoms with van der Waals surface area (Å²) in [5.74, 6) is -0.394. The number of anilines is 1. The van der Waals surface area contributed by atoms with Crippen LogP contribution in [0.2, 0.25) is 0 Å². The van der Waals surface area contributed by atoms with Gasteiger partial charge in [0.05, 0.1) is 18.7 Å². The molecular formula is C11H11NO3S. The first-order valence-corrected chi connectivity index (χ1v) is 5.64. The average molecular weight is 237 g/mol. The molecule has 1 aromatic rings. The largest absolute Gasteiger partial charge is 0.465 e. The summed E-state index contributed by atoms with van der Waals surface area (Å²) in [6, 6.07) is 4.95. The maximum absolute atomic E-state index is 11.5. The van der Waals surface area contributed by atoms with Gasteiger partial charge in [0.2, 0.25) is 5.12 Å². The molecule has 0 aliphatic carbocycles. The van der Waals surface area contributed by atoms with Gasteiger partial charge in [0.15, 0.2) is 0 Å². The number of hydrogen-bond donors (Lipinski definition) is 1. The van der Waals surface area contributed by atoms with Crippen LogP contribution in [-0.2, 0) is 9.53 Å². The highest BCUT2D eigenvalue weighted by atomic mass is 32.2. The summed E-state index contributed by atoms with van der Waals surface area (Å²) in [7, 11) is 1.33. The highest BCUT2D eigenvalue weighted by Crippen LogP contribution is 2.34. The molecule has 0 spiro atoms. The number of esters is 1. The number of fused-ring (bicyclic) bond motifs is 1. The number of nitrogens with one attached hydrogen (secondary N) is 1. The quantitative estimate of drug-likeness (QED) is 0.756. The van der Waals surface area contributed by atoms with Gasteiger partial charge in [-0.15, -0.1) is 0 Å². The molecular weight excluding hydrogens is 226 g/mol. The summed E-state index contributed by atoms with van der Waals surface area (Å²) in [5, 5.41) is 3.12. The predicted molar refractivity (Wildman–Crippen MR) is 61.7 cm³/mol. The molecule has 1 unspecified atom stereocenters. The number of rotatable bonds is 1. The van der Waals surface area contributed by atoms with E-state index in [0.29, 0.717) is 5.56 Å². The molecule has 0 radical (unpaired) electrons. The van der Waals surface area contributed by atoms with E-state index in [1.807, 2.05) is 6.92 Å². The third kappa shape index (κ3) is 1.90. The Morgan fingerprint density at radius 3 is 2.94 bits per heavy atom. The van der Waals surface area contributed by atoms with E-state index in [1.165, 1.54) is 7.11 Å². The average Bonchev–Trinajstić information content (AvgIpc) is 2.29. The van der Waals surface area contributed by atoms with Crippen molar-refractivity contribution < 1.29 is 14.3 Å². The third-order valence-corrected chi connectivity index (χ3v) is 3.45. The fourth-order valence-electron chi connectivity index (χ4n) is 1.46. The Kier molecular flexibility index (Phi) is 2.87. The highest BCUT2D eigenvalue weighted by Gasteiger charge is 2.23. The topological polar surface area (TPSA) is 55.4 Å². The van der Waals surface area contributed by atoms with E-state index in [-0.39, 0.29) is 11.2 Å². The van der Waals surface area contributed by atoms with Crippen LogP contribution in [0.1, 0.15) is 17.3 Å². The Labute approximate surface area is 97.4 Å². The van der Waals surface area contributed by atoms with E-state index in [9.17, 15) is 9.59 Å². The zero-order valence-corrected chi connectivity index (χ0v) is 9.76. The van der Waals surface area contributed by atoms with Gasteiger partial charge in [-0.25, -0.2) is 4.79 Å². The van der Waals surface area contributed by atoms with E-state index in [2.05, 4.69) is 10.1 Å². The lowest BCUT2D eigenvalue weighted by Crippen LogP contribution is -2.27. The second-order valence-corrected chi connectivity index (χ2v) is 4.54. The molecule has 0 amide bonds. The van der Waals surface area contributed by atoms with E-state index < -0.39 is 5.97 Å². The van der Waals surface area contributed by atoms with E-state index in [4.69, 9.17) is 0 Å². The van der Waals surface area contributed by atoms with Crippen molar-refractivity contribution in [3.05, 3.63) is 23.8 Å². The van der Waals surface area contributed by atoms with Crippen molar-refractivity contribution in [3.63, 3.8) is 0 Å². The summed E-state index contributed by atoms with van der Waals surface area (Å²) in [6.07, 6.45) is 0. The van der Waals surface area contributed by atoms with Gasteiger partial charge in [0.1, 0.15) is 0 Å². The summed E-state index contributed by atoms with van der Waals surface area (Å²) < 4.78 is 4.62. The minimum absolute atomic E-state index is 0.0505. The zero-order chi connectivity index (χ0) is 11.7. The number of methoxy groups -OCH3 is 1. The molecule has 84 valence electrons. The van der Waals surface area contributed by atoms with Crippen molar-refractivity contribution in [2.24, 2.45) is 0 Å². The van der Waals surface area contributed by atoms with Crippen molar-refractivity contribution in [2.45, 2.75) is 17.9 Å². The Balaban J connectivity index is 2.36. The van der Waals surface area contributed by atoms with Gasteiger partial charge in [-0.3, -0.25) is 4.79 Å². The Morgan fingerprint density at radius 1 is 1.50 bits per heavy atom. The van der Waals surface area contributed by atoms with E-state index >= 15 is 0 Å². The molecule has 0 fully saturated rings. The second kappa shape index (κ2) is 4.17. The van der Waals surface area contributed by atoms with Crippen molar-refractivity contribution in [3.8, 4) is 0 Å². The number of carbonyl (C=O) groups is 2. The molecule has 0 saturated carbocycles. The molecule has 16 heavy (non-hydrogen) atoms. The lowest BCUT2D eigenvalue weighted by Gasteiger charge is -2.22. The normalized spacial score (nSPS) is 18.6.